The van der Waals surface area contributed by atoms with Gasteiger partial charge in [0.05, 0.1) is 11.5 Å². The number of nitrogen functional groups attached to an aromatic ring is 1. The number of fused-ring (bicyclic) bond motifs is 1. The standard InChI is InChI=1S/C20H26N2O4S.ClH/c1-2-25-12-13-26-17-7-9-18(10-8-17)27(23,24)22-20-5-3-4-15-14-16(21)6-11-19(15)20;/h6-11,14,20,22H,2-5,12-13,21H2,1H3;1H. The van der Waals surface area contributed by atoms with Crippen LogP contribution in [-0.2, 0) is 21.2 Å². The number of ether oxygens (including phenoxy) is 2. The molecule has 28 heavy (non-hydrogen) atoms. The van der Waals surface area contributed by atoms with Crippen molar-refractivity contribution in [1.29, 1.82) is 0 Å². The van der Waals surface area contributed by atoms with Crippen LogP contribution in [0.25, 0.3) is 0 Å². The molecule has 0 heterocycles. The number of hydrogen-bond acceptors (Lipinski definition) is 5. The van der Waals surface area contributed by atoms with Gasteiger partial charge >= 0.3 is 0 Å². The maximum atomic E-state index is 12.8. The van der Waals surface area contributed by atoms with E-state index >= 15 is 0 Å². The Labute approximate surface area is 172 Å². The summed E-state index contributed by atoms with van der Waals surface area (Å²) in [6.07, 6.45) is 2.62. The van der Waals surface area contributed by atoms with Gasteiger partial charge in [0, 0.05) is 18.3 Å². The molecule has 0 aromatic heterocycles. The zero-order valence-corrected chi connectivity index (χ0v) is 17.5. The fraction of sp³-hybridized carbons (Fsp3) is 0.400. The van der Waals surface area contributed by atoms with Crippen LogP contribution in [0.1, 0.15) is 36.9 Å². The van der Waals surface area contributed by atoms with E-state index in [2.05, 4.69) is 4.72 Å². The molecule has 1 atom stereocenters. The maximum Gasteiger partial charge on any atom is 0.241 e. The van der Waals surface area contributed by atoms with Crippen LogP contribution in [0.4, 0.5) is 5.69 Å². The Morgan fingerprint density at radius 1 is 1.14 bits per heavy atom. The molecule has 3 rings (SSSR count). The Bertz CT molecular complexity index is 872. The Kier molecular flexibility index (Phi) is 8.12. The monoisotopic (exact) mass is 426 g/mol. The fourth-order valence-corrected chi connectivity index (χ4v) is 4.54. The highest BCUT2D eigenvalue weighted by Gasteiger charge is 2.25. The van der Waals surface area contributed by atoms with Gasteiger partial charge in [-0.3, -0.25) is 0 Å². The van der Waals surface area contributed by atoms with Crippen LogP contribution in [0.3, 0.4) is 0 Å². The second-order valence-electron chi connectivity index (χ2n) is 6.54. The minimum Gasteiger partial charge on any atom is -0.491 e. The lowest BCUT2D eigenvalue weighted by Gasteiger charge is -2.26. The summed E-state index contributed by atoms with van der Waals surface area (Å²) in [5.41, 5.74) is 8.69. The van der Waals surface area contributed by atoms with E-state index in [1.807, 2.05) is 25.1 Å². The third kappa shape index (κ3) is 5.61. The van der Waals surface area contributed by atoms with Gasteiger partial charge < -0.3 is 15.2 Å². The van der Waals surface area contributed by atoms with E-state index in [-0.39, 0.29) is 23.3 Å². The van der Waals surface area contributed by atoms with Gasteiger partial charge in [0.15, 0.2) is 0 Å². The quantitative estimate of drug-likeness (QED) is 0.498. The highest BCUT2D eigenvalue weighted by molar-refractivity contribution is 7.89. The molecule has 154 valence electrons. The van der Waals surface area contributed by atoms with Crippen LogP contribution in [0.15, 0.2) is 47.4 Å². The number of nitrogens with two attached hydrogens (primary N) is 1. The molecule has 3 N–H and O–H groups in total. The van der Waals surface area contributed by atoms with Gasteiger partial charge in [-0.05, 0) is 73.7 Å². The second kappa shape index (κ2) is 10.1. The van der Waals surface area contributed by atoms with E-state index in [1.165, 1.54) is 0 Å². The molecule has 1 aliphatic carbocycles. The lowest BCUT2D eigenvalue weighted by molar-refractivity contribution is 0.110. The van der Waals surface area contributed by atoms with Crippen LogP contribution >= 0.6 is 12.4 Å². The summed E-state index contributed by atoms with van der Waals surface area (Å²) in [5, 5.41) is 0. The number of aryl methyl sites for hydroxylation is 1. The fourth-order valence-electron chi connectivity index (χ4n) is 3.29. The highest BCUT2D eigenvalue weighted by Crippen LogP contribution is 2.32. The van der Waals surface area contributed by atoms with Crippen molar-refractivity contribution in [3.05, 3.63) is 53.6 Å². The van der Waals surface area contributed by atoms with Gasteiger partial charge in [-0.2, -0.15) is 0 Å². The molecule has 2 aromatic rings. The number of sulfonamides is 1. The van der Waals surface area contributed by atoms with Crippen molar-refractivity contribution in [2.75, 3.05) is 25.6 Å². The van der Waals surface area contributed by atoms with E-state index in [4.69, 9.17) is 15.2 Å². The van der Waals surface area contributed by atoms with Gasteiger partial charge in [0.2, 0.25) is 10.0 Å². The normalized spacial score (nSPS) is 16.1. The number of halogens is 1. The Hall–Kier alpha value is -1.80. The molecule has 8 heteroatoms. The van der Waals surface area contributed by atoms with Crippen molar-refractivity contribution in [1.82, 2.24) is 4.72 Å². The largest absolute Gasteiger partial charge is 0.491 e. The van der Waals surface area contributed by atoms with Crippen LogP contribution in [0, 0.1) is 0 Å². The Morgan fingerprint density at radius 2 is 1.89 bits per heavy atom. The van der Waals surface area contributed by atoms with Gasteiger partial charge in [-0.25, -0.2) is 13.1 Å². The molecule has 0 radical (unpaired) electrons. The van der Waals surface area contributed by atoms with Gasteiger partial charge in [-0.15, -0.1) is 12.4 Å². The third-order valence-corrected chi connectivity index (χ3v) is 6.10. The van der Waals surface area contributed by atoms with Crippen molar-refractivity contribution < 1.29 is 17.9 Å². The number of rotatable bonds is 8. The molecule has 0 aliphatic heterocycles. The number of benzene rings is 2. The third-order valence-electron chi connectivity index (χ3n) is 4.61. The van der Waals surface area contributed by atoms with Gasteiger partial charge in [-0.1, -0.05) is 6.07 Å². The Morgan fingerprint density at radius 3 is 2.61 bits per heavy atom. The number of hydrogen-bond donors (Lipinski definition) is 2. The maximum absolute atomic E-state index is 12.8. The topological polar surface area (TPSA) is 90.6 Å². The second-order valence-corrected chi connectivity index (χ2v) is 8.26. The summed E-state index contributed by atoms with van der Waals surface area (Å²) in [6.45, 7) is 3.50. The van der Waals surface area contributed by atoms with Crippen LogP contribution in [0.2, 0.25) is 0 Å². The first-order valence-corrected chi connectivity index (χ1v) is 10.7. The predicted octanol–water partition coefficient (Wildman–Crippen LogP) is 3.46. The van der Waals surface area contributed by atoms with E-state index in [0.717, 1.165) is 30.4 Å². The molecule has 2 aromatic carbocycles. The lowest BCUT2D eigenvalue weighted by atomic mass is 9.88. The lowest BCUT2D eigenvalue weighted by Crippen LogP contribution is -2.31. The molecule has 0 fully saturated rings. The number of nitrogens with one attached hydrogen (secondary N) is 1. The smallest absolute Gasteiger partial charge is 0.241 e. The minimum absolute atomic E-state index is 0. The van der Waals surface area contributed by atoms with Crippen molar-refractivity contribution in [2.45, 2.75) is 37.1 Å². The van der Waals surface area contributed by atoms with Gasteiger partial charge in [0.25, 0.3) is 0 Å². The minimum atomic E-state index is -3.62. The van der Waals surface area contributed by atoms with E-state index in [0.29, 0.717) is 31.3 Å². The first-order valence-electron chi connectivity index (χ1n) is 9.21. The highest BCUT2D eigenvalue weighted by atomic mass is 35.5. The average molecular weight is 427 g/mol. The van der Waals surface area contributed by atoms with Crippen LogP contribution in [0.5, 0.6) is 5.75 Å². The first-order chi connectivity index (χ1) is 13.0. The van der Waals surface area contributed by atoms with E-state index in [1.54, 1.807) is 24.3 Å². The van der Waals surface area contributed by atoms with Crippen LogP contribution in [-0.4, -0.2) is 28.2 Å². The molecular formula is C20H27ClN2O4S. The molecule has 0 saturated heterocycles. The van der Waals surface area contributed by atoms with Crippen molar-refractivity contribution in [3.63, 3.8) is 0 Å². The SMILES string of the molecule is CCOCCOc1ccc(S(=O)(=O)NC2CCCc3cc(N)ccc32)cc1.Cl. The summed E-state index contributed by atoms with van der Waals surface area (Å²) < 4.78 is 39.2. The van der Waals surface area contributed by atoms with Crippen molar-refractivity contribution in [2.24, 2.45) is 0 Å². The summed E-state index contributed by atoms with van der Waals surface area (Å²) in [5.74, 6) is 0.618. The summed E-state index contributed by atoms with van der Waals surface area (Å²) in [4.78, 5) is 0.224. The molecule has 6 nitrogen and oxygen atoms in total. The van der Waals surface area contributed by atoms with Crippen molar-refractivity contribution >= 4 is 28.1 Å². The molecular weight excluding hydrogens is 400 g/mol. The molecule has 1 unspecified atom stereocenters. The van der Waals surface area contributed by atoms with E-state index in [9.17, 15) is 8.42 Å². The summed E-state index contributed by atoms with van der Waals surface area (Å²) in [6, 6.07) is 11.9. The predicted molar refractivity (Wildman–Crippen MR) is 113 cm³/mol. The molecule has 1 aliphatic rings. The van der Waals surface area contributed by atoms with Gasteiger partial charge in [0.1, 0.15) is 12.4 Å². The molecule has 0 bridgehead atoms. The zero-order chi connectivity index (χ0) is 19.3. The number of anilines is 1. The molecule has 0 spiro atoms. The van der Waals surface area contributed by atoms with E-state index < -0.39 is 10.0 Å². The summed E-state index contributed by atoms with van der Waals surface area (Å²) in [7, 11) is -3.62. The van der Waals surface area contributed by atoms with Crippen molar-refractivity contribution in [3.8, 4) is 5.75 Å². The average Bonchev–Trinajstić information content (AvgIpc) is 2.65. The molecule has 0 saturated carbocycles. The zero-order valence-electron chi connectivity index (χ0n) is 15.9. The molecule has 0 amide bonds. The summed E-state index contributed by atoms with van der Waals surface area (Å²) >= 11 is 0. The Balaban J connectivity index is 0.00000280. The first kappa shape index (κ1) is 22.5. The van der Waals surface area contributed by atoms with Crippen LogP contribution < -0.4 is 15.2 Å².